The first-order valence-corrected chi connectivity index (χ1v) is 9.95. The summed E-state index contributed by atoms with van der Waals surface area (Å²) in [4.78, 5) is 1.47. The summed E-state index contributed by atoms with van der Waals surface area (Å²) in [5, 5.41) is 4.82. The van der Waals surface area contributed by atoms with Crippen LogP contribution in [-0.2, 0) is 0 Å². The molecule has 1 aromatic carbocycles. The number of thiocarbonyl (C=S) groups is 1. The Morgan fingerprint density at radius 3 is 2.76 bits per heavy atom. The first-order valence-electron chi connectivity index (χ1n) is 7.56. The van der Waals surface area contributed by atoms with Gasteiger partial charge in [0.05, 0.1) is 0 Å². The minimum atomic E-state index is 0.266. The molecule has 1 saturated carbocycles. The number of nitrogens with one attached hydrogen (secondary N) is 1. The van der Waals surface area contributed by atoms with Crippen LogP contribution in [0.25, 0.3) is 0 Å². The molecule has 0 spiro atoms. The van der Waals surface area contributed by atoms with Gasteiger partial charge in [0.2, 0.25) is 0 Å². The Morgan fingerprint density at radius 2 is 2.00 bits per heavy atom. The molecular weight excluding hydrogens is 345 g/mol. The van der Waals surface area contributed by atoms with Gasteiger partial charge < -0.3 is 0 Å². The van der Waals surface area contributed by atoms with Crippen molar-refractivity contribution < 1.29 is 0 Å². The third-order valence-corrected chi connectivity index (χ3v) is 7.96. The van der Waals surface area contributed by atoms with Crippen molar-refractivity contribution in [3.05, 3.63) is 35.9 Å². The van der Waals surface area contributed by atoms with Crippen molar-refractivity contribution in [3.63, 3.8) is 0 Å². The summed E-state index contributed by atoms with van der Waals surface area (Å²) in [6.07, 6.45) is 6.41. The Morgan fingerprint density at radius 1 is 1.24 bits per heavy atom. The maximum atomic E-state index is 5.54. The quantitative estimate of drug-likeness (QED) is 0.481. The predicted molar refractivity (Wildman–Crippen MR) is 92.6 cm³/mol. The van der Waals surface area contributed by atoms with E-state index in [9.17, 15) is 0 Å². The molecular formula is C16H21N3SSe. The van der Waals surface area contributed by atoms with Gasteiger partial charge in [0.15, 0.2) is 0 Å². The molecule has 21 heavy (non-hydrogen) atoms. The Hall–Kier alpha value is -0.901. The van der Waals surface area contributed by atoms with E-state index in [1.165, 1.54) is 37.0 Å². The SMILES string of the molecule is NC(=S)N/N=C1\CC(c2ccccc2)[Se]C2CCCCC12. The topological polar surface area (TPSA) is 50.4 Å². The fourth-order valence-electron chi connectivity index (χ4n) is 3.36. The molecule has 0 aromatic heterocycles. The molecule has 1 saturated heterocycles. The number of fused-ring (bicyclic) bond motifs is 1. The summed E-state index contributed by atoms with van der Waals surface area (Å²) in [7, 11) is 0. The molecule has 5 heteroatoms. The van der Waals surface area contributed by atoms with Gasteiger partial charge in [-0.2, -0.15) is 0 Å². The zero-order valence-corrected chi connectivity index (χ0v) is 14.5. The molecule has 0 amide bonds. The molecule has 3 unspecified atom stereocenters. The molecule has 1 aliphatic carbocycles. The zero-order chi connectivity index (χ0) is 14.7. The number of hydrogen-bond donors (Lipinski definition) is 2. The van der Waals surface area contributed by atoms with Crippen molar-refractivity contribution in [1.29, 1.82) is 0 Å². The van der Waals surface area contributed by atoms with E-state index in [1.807, 2.05) is 0 Å². The number of rotatable bonds is 2. The normalized spacial score (nSPS) is 30.7. The van der Waals surface area contributed by atoms with E-state index < -0.39 is 0 Å². The summed E-state index contributed by atoms with van der Waals surface area (Å²) in [5.74, 6) is 0.653. The van der Waals surface area contributed by atoms with Crippen LogP contribution in [0.2, 0.25) is 4.82 Å². The Labute approximate surface area is 137 Å². The van der Waals surface area contributed by atoms with Crippen LogP contribution in [0.1, 0.15) is 42.5 Å². The van der Waals surface area contributed by atoms with Crippen LogP contribution in [0.3, 0.4) is 0 Å². The maximum absolute atomic E-state index is 5.54. The van der Waals surface area contributed by atoms with Crippen molar-refractivity contribution in [2.24, 2.45) is 16.8 Å². The standard InChI is InChI=1S/C16H21N3SSe/c17-16(20)19-18-13-10-15(11-6-2-1-3-7-11)21-14-9-5-4-8-12(13)14/h1-3,6-7,12,14-15H,4-5,8-10H2,(H3,17,19,20)/b18-13+. The van der Waals surface area contributed by atoms with E-state index in [2.05, 4.69) is 40.9 Å². The third kappa shape index (κ3) is 3.65. The van der Waals surface area contributed by atoms with Gasteiger partial charge in [-0.15, -0.1) is 0 Å². The van der Waals surface area contributed by atoms with Gasteiger partial charge in [-0.05, 0) is 0 Å². The van der Waals surface area contributed by atoms with Gasteiger partial charge >= 0.3 is 138 Å². The van der Waals surface area contributed by atoms with Crippen molar-refractivity contribution in [2.45, 2.75) is 41.7 Å². The summed E-state index contributed by atoms with van der Waals surface area (Å²) >= 11 is 5.56. The Balaban J connectivity index is 1.83. The number of hydrogen-bond acceptors (Lipinski definition) is 2. The van der Waals surface area contributed by atoms with E-state index in [4.69, 9.17) is 18.0 Å². The fraction of sp³-hybridized carbons (Fsp3) is 0.500. The number of nitrogens with zero attached hydrogens (tertiary/aromatic N) is 1. The zero-order valence-electron chi connectivity index (χ0n) is 12.0. The molecule has 3 rings (SSSR count). The summed E-state index contributed by atoms with van der Waals surface area (Å²) < 4.78 is 0. The molecule has 3 nitrogen and oxygen atoms in total. The monoisotopic (exact) mass is 367 g/mol. The van der Waals surface area contributed by atoms with Crippen LogP contribution in [0.4, 0.5) is 0 Å². The van der Waals surface area contributed by atoms with Crippen LogP contribution in [-0.4, -0.2) is 25.8 Å². The second kappa shape index (κ2) is 6.91. The van der Waals surface area contributed by atoms with E-state index in [0.29, 0.717) is 25.7 Å². The molecule has 1 aromatic rings. The molecule has 1 aliphatic heterocycles. The van der Waals surface area contributed by atoms with Crippen molar-refractivity contribution in [2.75, 3.05) is 0 Å². The third-order valence-electron chi connectivity index (χ3n) is 4.35. The minimum absolute atomic E-state index is 0.266. The first-order chi connectivity index (χ1) is 10.2. The first kappa shape index (κ1) is 15.0. The predicted octanol–water partition coefficient (Wildman–Crippen LogP) is 3.00. The van der Waals surface area contributed by atoms with Gasteiger partial charge in [0.1, 0.15) is 0 Å². The van der Waals surface area contributed by atoms with Gasteiger partial charge in [-0.25, -0.2) is 0 Å². The van der Waals surface area contributed by atoms with Crippen LogP contribution >= 0.6 is 12.2 Å². The van der Waals surface area contributed by atoms with E-state index >= 15 is 0 Å². The summed E-state index contributed by atoms with van der Waals surface area (Å²) in [5.41, 5.74) is 11.1. The van der Waals surface area contributed by atoms with Gasteiger partial charge in [0, 0.05) is 0 Å². The van der Waals surface area contributed by atoms with E-state index in [0.717, 1.165) is 11.2 Å². The molecule has 2 aliphatic rings. The van der Waals surface area contributed by atoms with Gasteiger partial charge in [-0.3, -0.25) is 0 Å². The van der Waals surface area contributed by atoms with Crippen LogP contribution in [0.15, 0.2) is 35.4 Å². The Bertz CT molecular complexity index is 532. The van der Waals surface area contributed by atoms with Crippen LogP contribution < -0.4 is 11.2 Å². The van der Waals surface area contributed by atoms with Crippen molar-refractivity contribution >= 4 is 38.0 Å². The number of nitrogens with two attached hydrogens (primary N) is 1. The fourth-order valence-corrected chi connectivity index (χ4v) is 7.16. The van der Waals surface area contributed by atoms with Crippen molar-refractivity contribution in [1.82, 2.24) is 5.43 Å². The molecule has 0 bridgehead atoms. The molecule has 2 fully saturated rings. The Kier molecular flexibility index (Phi) is 4.94. The van der Waals surface area contributed by atoms with Gasteiger partial charge in [-0.1, -0.05) is 0 Å². The van der Waals surface area contributed by atoms with Crippen molar-refractivity contribution in [3.8, 4) is 0 Å². The average molecular weight is 366 g/mol. The molecule has 3 N–H and O–H groups in total. The summed E-state index contributed by atoms with van der Waals surface area (Å²) in [6, 6.07) is 10.9. The van der Waals surface area contributed by atoms with Gasteiger partial charge in [0.25, 0.3) is 0 Å². The molecule has 0 radical (unpaired) electrons. The second-order valence-corrected chi connectivity index (χ2v) is 9.22. The number of hydrazone groups is 1. The molecule has 1 heterocycles. The number of benzene rings is 1. The molecule has 3 atom stereocenters. The average Bonchev–Trinajstić information content (AvgIpc) is 2.53. The van der Waals surface area contributed by atoms with Crippen LogP contribution in [0.5, 0.6) is 0 Å². The van der Waals surface area contributed by atoms with Crippen LogP contribution in [0, 0.1) is 5.92 Å². The van der Waals surface area contributed by atoms with E-state index in [1.54, 1.807) is 0 Å². The second-order valence-electron chi connectivity index (χ2n) is 5.75. The molecule has 112 valence electrons. The van der Waals surface area contributed by atoms with E-state index in [-0.39, 0.29) is 5.11 Å². The summed E-state index contributed by atoms with van der Waals surface area (Å²) in [6.45, 7) is 0.